The molecular formula is C23H23NO5S. The van der Waals surface area contributed by atoms with Crippen LogP contribution in [0.3, 0.4) is 0 Å². The van der Waals surface area contributed by atoms with Crippen molar-refractivity contribution in [3.8, 4) is 5.75 Å². The monoisotopic (exact) mass is 425 g/mol. The Morgan fingerprint density at radius 1 is 0.967 bits per heavy atom. The van der Waals surface area contributed by atoms with Gasteiger partial charge in [-0.15, -0.1) is 0 Å². The van der Waals surface area contributed by atoms with Crippen LogP contribution in [0.1, 0.15) is 21.5 Å². The molecule has 0 atom stereocenters. The number of ether oxygens (including phenoxy) is 2. The van der Waals surface area contributed by atoms with Gasteiger partial charge >= 0.3 is 5.97 Å². The number of carbonyl (C=O) groups is 1. The second kappa shape index (κ2) is 9.00. The van der Waals surface area contributed by atoms with Crippen molar-refractivity contribution in [3.63, 3.8) is 0 Å². The van der Waals surface area contributed by atoms with Gasteiger partial charge in [0.15, 0.2) is 0 Å². The number of nitrogens with zero attached hydrogens (tertiary/aromatic N) is 1. The molecule has 0 aliphatic rings. The molecule has 0 heterocycles. The van der Waals surface area contributed by atoms with Crippen LogP contribution >= 0.6 is 0 Å². The summed E-state index contributed by atoms with van der Waals surface area (Å²) in [5.74, 6) is 0.194. The number of methoxy groups -OCH3 is 1. The zero-order chi connectivity index (χ0) is 21.7. The number of sulfonamides is 1. The molecule has 3 aromatic carbocycles. The number of aryl methyl sites for hydroxylation is 1. The maximum Gasteiger partial charge on any atom is 0.338 e. The van der Waals surface area contributed by atoms with Gasteiger partial charge in [0.1, 0.15) is 12.4 Å². The van der Waals surface area contributed by atoms with Crippen molar-refractivity contribution in [2.45, 2.75) is 18.4 Å². The van der Waals surface area contributed by atoms with Gasteiger partial charge in [0.25, 0.3) is 10.0 Å². The molecule has 0 saturated carbocycles. The molecule has 0 fully saturated rings. The number of hydrogen-bond acceptors (Lipinski definition) is 5. The number of rotatable bonds is 7. The molecule has 0 aromatic heterocycles. The molecule has 0 unspecified atom stereocenters. The molecule has 0 aliphatic carbocycles. The maximum absolute atomic E-state index is 12.8. The molecule has 0 bridgehead atoms. The third-order valence-corrected chi connectivity index (χ3v) is 6.45. The molecule has 0 amide bonds. The fraction of sp³-hybridized carbons (Fsp3) is 0.174. The van der Waals surface area contributed by atoms with E-state index in [9.17, 15) is 13.2 Å². The lowest BCUT2D eigenvalue weighted by atomic mass is 10.2. The topological polar surface area (TPSA) is 72.9 Å². The summed E-state index contributed by atoms with van der Waals surface area (Å²) in [4.78, 5) is 12.5. The van der Waals surface area contributed by atoms with Crippen LogP contribution < -0.4 is 9.04 Å². The fourth-order valence-electron chi connectivity index (χ4n) is 2.81. The molecule has 156 valence electrons. The Bertz CT molecular complexity index is 1120. The molecule has 6 nitrogen and oxygen atoms in total. The predicted octanol–water partition coefficient (Wildman–Crippen LogP) is 4.19. The van der Waals surface area contributed by atoms with E-state index >= 15 is 0 Å². The smallest absolute Gasteiger partial charge is 0.338 e. The average Bonchev–Trinajstić information content (AvgIpc) is 2.77. The summed E-state index contributed by atoms with van der Waals surface area (Å²) in [5, 5.41) is 0. The number of anilines is 1. The summed E-state index contributed by atoms with van der Waals surface area (Å²) in [6.07, 6.45) is 0. The Balaban J connectivity index is 1.69. The van der Waals surface area contributed by atoms with E-state index in [1.807, 2.05) is 25.1 Å². The van der Waals surface area contributed by atoms with E-state index in [2.05, 4.69) is 0 Å². The maximum atomic E-state index is 12.8. The van der Waals surface area contributed by atoms with Crippen molar-refractivity contribution < 1.29 is 22.7 Å². The first-order chi connectivity index (χ1) is 14.3. The van der Waals surface area contributed by atoms with Crippen LogP contribution in [-0.2, 0) is 21.4 Å². The number of benzene rings is 3. The van der Waals surface area contributed by atoms with Gasteiger partial charge in [0, 0.05) is 7.05 Å². The minimum absolute atomic E-state index is 0.111. The summed E-state index contributed by atoms with van der Waals surface area (Å²) < 4.78 is 37.3. The van der Waals surface area contributed by atoms with E-state index in [1.54, 1.807) is 61.7 Å². The largest absolute Gasteiger partial charge is 0.497 e. The minimum atomic E-state index is -3.69. The lowest BCUT2D eigenvalue weighted by Crippen LogP contribution is -2.26. The van der Waals surface area contributed by atoms with E-state index in [0.717, 1.165) is 11.1 Å². The van der Waals surface area contributed by atoms with E-state index in [1.165, 1.54) is 11.4 Å². The fourth-order valence-corrected chi connectivity index (χ4v) is 4.00. The van der Waals surface area contributed by atoms with Gasteiger partial charge in [-0.1, -0.05) is 29.8 Å². The highest BCUT2D eigenvalue weighted by Gasteiger charge is 2.21. The van der Waals surface area contributed by atoms with Gasteiger partial charge in [-0.05, 0) is 61.0 Å². The first-order valence-electron chi connectivity index (χ1n) is 9.27. The van der Waals surface area contributed by atoms with E-state index < -0.39 is 16.0 Å². The Kier molecular flexibility index (Phi) is 6.42. The van der Waals surface area contributed by atoms with Gasteiger partial charge < -0.3 is 9.47 Å². The highest BCUT2D eigenvalue weighted by Crippen LogP contribution is 2.23. The van der Waals surface area contributed by atoms with E-state index in [-0.39, 0.29) is 11.5 Å². The molecule has 0 aliphatic heterocycles. The highest BCUT2D eigenvalue weighted by molar-refractivity contribution is 7.92. The van der Waals surface area contributed by atoms with Crippen molar-refractivity contribution in [1.82, 2.24) is 0 Å². The van der Waals surface area contributed by atoms with Gasteiger partial charge in [-0.25, -0.2) is 13.2 Å². The Morgan fingerprint density at radius 2 is 1.63 bits per heavy atom. The third-order valence-electron chi connectivity index (χ3n) is 4.65. The number of hydrogen-bond donors (Lipinski definition) is 0. The Hall–Kier alpha value is -3.32. The molecule has 3 aromatic rings. The zero-order valence-corrected chi connectivity index (χ0v) is 17.8. The first kappa shape index (κ1) is 21.4. The van der Waals surface area contributed by atoms with Gasteiger partial charge in [-0.3, -0.25) is 4.31 Å². The summed E-state index contributed by atoms with van der Waals surface area (Å²) in [7, 11) is -0.640. The average molecular weight is 426 g/mol. The van der Waals surface area contributed by atoms with Gasteiger partial charge in [-0.2, -0.15) is 0 Å². The lowest BCUT2D eigenvalue weighted by Gasteiger charge is -2.20. The molecular weight excluding hydrogens is 402 g/mol. The zero-order valence-electron chi connectivity index (χ0n) is 17.0. The minimum Gasteiger partial charge on any atom is -0.497 e. The second-order valence-electron chi connectivity index (χ2n) is 6.76. The SMILES string of the molecule is COc1cccc(COC(=O)c2ccc(N(C)S(=O)(=O)c3ccc(C)cc3)cc2)c1. The van der Waals surface area contributed by atoms with Crippen LogP contribution in [0.15, 0.2) is 77.7 Å². The van der Waals surface area contributed by atoms with E-state index in [4.69, 9.17) is 9.47 Å². The lowest BCUT2D eigenvalue weighted by molar-refractivity contribution is 0.0472. The first-order valence-corrected chi connectivity index (χ1v) is 10.7. The molecule has 0 spiro atoms. The Labute approximate surface area is 176 Å². The van der Waals surface area contributed by atoms with E-state index in [0.29, 0.717) is 17.0 Å². The van der Waals surface area contributed by atoms with Gasteiger partial charge in [0.05, 0.1) is 23.3 Å². The highest BCUT2D eigenvalue weighted by atomic mass is 32.2. The van der Waals surface area contributed by atoms with Crippen molar-refractivity contribution >= 4 is 21.7 Å². The molecule has 30 heavy (non-hydrogen) atoms. The standard InChI is InChI=1S/C23H23NO5S/c1-17-7-13-22(14-8-17)30(26,27)24(2)20-11-9-19(10-12-20)23(25)29-16-18-5-4-6-21(15-18)28-3/h4-15H,16H2,1-3H3. The molecule has 0 radical (unpaired) electrons. The van der Waals surface area contributed by atoms with Crippen LogP contribution in [0, 0.1) is 6.92 Å². The summed E-state index contributed by atoms with van der Waals surface area (Å²) in [6, 6.07) is 20.2. The second-order valence-corrected chi connectivity index (χ2v) is 8.73. The Morgan fingerprint density at radius 3 is 2.27 bits per heavy atom. The van der Waals surface area contributed by atoms with Crippen molar-refractivity contribution in [2.24, 2.45) is 0 Å². The number of esters is 1. The van der Waals surface area contributed by atoms with Crippen LogP contribution in [-0.4, -0.2) is 28.5 Å². The van der Waals surface area contributed by atoms with Crippen LogP contribution in [0.2, 0.25) is 0 Å². The summed E-state index contributed by atoms with van der Waals surface area (Å²) >= 11 is 0. The van der Waals surface area contributed by atoms with Crippen molar-refractivity contribution in [3.05, 3.63) is 89.5 Å². The normalized spacial score (nSPS) is 11.0. The molecule has 3 rings (SSSR count). The third kappa shape index (κ3) is 4.80. The van der Waals surface area contributed by atoms with Gasteiger partial charge in [0.2, 0.25) is 0 Å². The van der Waals surface area contributed by atoms with Crippen LogP contribution in [0.5, 0.6) is 5.75 Å². The van der Waals surface area contributed by atoms with Crippen LogP contribution in [0.4, 0.5) is 5.69 Å². The summed E-state index contributed by atoms with van der Waals surface area (Å²) in [5.41, 5.74) is 2.57. The molecule has 0 N–H and O–H groups in total. The summed E-state index contributed by atoms with van der Waals surface area (Å²) in [6.45, 7) is 2.01. The molecule has 7 heteroatoms. The number of carbonyl (C=O) groups excluding carboxylic acids is 1. The predicted molar refractivity (Wildman–Crippen MR) is 115 cm³/mol. The van der Waals surface area contributed by atoms with Crippen molar-refractivity contribution in [1.29, 1.82) is 0 Å². The van der Waals surface area contributed by atoms with Crippen LogP contribution in [0.25, 0.3) is 0 Å². The quantitative estimate of drug-likeness (QED) is 0.531. The van der Waals surface area contributed by atoms with Crippen molar-refractivity contribution in [2.75, 3.05) is 18.5 Å². The molecule has 0 saturated heterocycles.